The highest BCUT2D eigenvalue weighted by atomic mass is 15.6. The van der Waals surface area contributed by atoms with Crippen LogP contribution in [0, 0.1) is 0 Å². The Morgan fingerprint density at radius 2 is 1.67 bits per heavy atom. The SMILES string of the molecule is CCCCCc1ccccc1NNN=Nc1ccccc1. The molecule has 0 spiro atoms. The van der Waals surface area contributed by atoms with E-state index in [-0.39, 0.29) is 0 Å². The van der Waals surface area contributed by atoms with Gasteiger partial charge in [-0.3, -0.25) is 5.43 Å². The van der Waals surface area contributed by atoms with E-state index >= 15 is 0 Å². The first kappa shape index (κ1) is 15.0. The fraction of sp³-hybridized carbons (Fsp3) is 0.294. The van der Waals surface area contributed by atoms with Crippen LogP contribution in [0.15, 0.2) is 64.9 Å². The van der Waals surface area contributed by atoms with E-state index < -0.39 is 0 Å². The summed E-state index contributed by atoms with van der Waals surface area (Å²) in [7, 11) is 0. The van der Waals surface area contributed by atoms with Crippen LogP contribution < -0.4 is 11.0 Å². The number of aryl methyl sites for hydroxylation is 1. The number of hydrogen-bond donors (Lipinski definition) is 2. The third kappa shape index (κ3) is 5.26. The number of anilines is 1. The normalized spacial score (nSPS) is 10.7. The van der Waals surface area contributed by atoms with Gasteiger partial charge < -0.3 is 0 Å². The van der Waals surface area contributed by atoms with Gasteiger partial charge in [-0.1, -0.05) is 61.4 Å². The number of nitrogens with one attached hydrogen (secondary N) is 2. The van der Waals surface area contributed by atoms with E-state index in [0.29, 0.717) is 0 Å². The smallest absolute Gasteiger partial charge is 0.0874 e. The lowest BCUT2D eigenvalue weighted by Crippen LogP contribution is -2.15. The fourth-order valence-corrected chi connectivity index (χ4v) is 2.09. The molecule has 0 bridgehead atoms. The second-order valence-electron chi connectivity index (χ2n) is 4.89. The number of hydrogen-bond acceptors (Lipinski definition) is 3. The Hall–Kier alpha value is -2.36. The molecule has 21 heavy (non-hydrogen) atoms. The molecule has 2 aromatic carbocycles. The Balaban J connectivity index is 1.86. The number of hydrazine groups is 1. The number of nitrogens with zero attached hydrogens (tertiary/aromatic N) is 2. The summed E-state index contributed by atoms with van der Waals surface area (Å²) in [5, 5.41) is 8.02. The van der Waals surface area contributed by atoms with Gasteiger partial charge in [0.25, 0.3) is 0 Å². The van der Waals surface area contributed by atoms with Crippen molar-refractivity contribution in [2.45, 2.75) is 32.6 Å². The Labute approximate surface area is 126 Å². The molecule has 0 aliphatic heterocycles. The van der Waals surface area contributed by atoms with Crippen LogP contribution in [0.5, 0.6) is 0 Å². The highest BCUT2D eigenvalue weighted by Gasteiger charge is 2.00. The van der Waals surface area contributed by atoms with Gasteiger partial charge in [0.1, 0.15) is 0 Å². The van der Waals surface area contributed by atoms with Crippen molar-refractivity contribution >= 4 is 11.4 Å². The maximum Gasteiger partial charge on any atom is 0.0874 e. The van der Waals surface area contributed by atoms with E-state index in [1.807, 2.05) is 42.5 Å². The van der Waals surface area contributed by atoms with E-state index in [1.54, 1.807) is 0 Å². The van der Waals surface area contributed by atoms with Crippen molar-refractivity contribution in [1.82, 2.24) is 5.53 Å². The lowest BCUT2D eigenvalue weighted by molar-refractivity contribution is 0.715. The topological polar surface area (TPSA) is 48.8 Å². The minimum Gasteiger partial charge on any atom is -0.284 e. The first-order valence-corrected chi connectivity index (χ1v) is 7.45. The maximum absolute atomic E-state index is 4.08. The Kier molecular flexibility index (Phi) is 6.26. The molecule has 0 atom stereocenters. The van der Waals surface area contributed by atoms with E-state index in [1.165, 1.54) is 24.8 Å². The van der Waals surface area contributed by atoms with Crippen molar-refractivity contribution < 1.29 is 0 Å². The molecule has 4 heteroatoms. The molecule has 0 heterocycles. The van der Waals surface area contributed by atoms with Gasteiger partial charge in [-0.15, -0.1) is 5.11 Å². The summed E-state index contributed by atoms with van der Waals surface area (Å²) < 4.78 is 0. The fourth-order valence-electron chi connectivity index (χ4n) is 2.09. The summed E-state index contributed by atoms with van der Waals surface area (Å²) in [4.78, 5) is 0. The first-order chi connectivity index (χ1) is 10.4. The second-order valence-corrected chi connectivity index (χ2v) is 4.89. The average Bonchev–Trinajstić information content (AvgIpc) is 2.54. The van der Waals surface area contributed by atoms with Crippen molar-refractivity contribution in [2.24, 2.45) is 10.3 Å². The van der Waals surface area contributed by atoms with Crippen LogP contribution in [0.2, 0.25) is 0 Å². The molecular formula is C17H22N4. The van der Waals surface area contributed by atoms with Crippen molar-refractivity contribution in [3.05, 3.63) is 60.2 Å². The Morgan fingerprint density at radius 3 is 2.48 bits per heavy atom. The molecular weight excluding hydrogens is 260 g/mol. The molecule has 2 N–H and O–H groups in total. The average molecular weight is 282 g/mol. The van der Waals surface area contributed by atoms with E-state index in [9.17, 15) is 0 Å². The number of para-hydroxylation sites is 1. The number of rotatable bonds is 8. The zero-order chi connectivity index (χ0) is 14.8. The lowest BCUT2D eigenvalue weighted by Gasteiger charge is -2.10. The van der Waals surface area contributed by atoms with E-state index in [2.05, 4.69) is 40.4 Å². The maximum atomic E-state index is 4.08. The minimum atomic E-state index is 0.822. The zero-order valence-corrected chi connectivity index (χ0v) is 12.4. The molecule has 4 nitrogen and oxygen atoms in total. The van der Waals surface area contributed by atoms with Gasteiger partial charge in [0.05, 0.1) is 11.4 Å². The summed E-state index contributed by atoms with van der Waals surface area (Å²) in [5.41, 5.74) is 9.07. The Morgan fingerprint density at radius 1 is 0.905 bits per heavy atom. The highest BCUT2D eigenvalue weighted by molar-refractivity contribution is 5.50. The van der Waals surface area contributed by atoms with Crippen LogP contribution in [0.4, 0.5) is 11.4 Å². The van der Waals surface area contributed by atoms with Gasteiger partial charge in [0, 0.05) is 0 Å². The monoisotopic (exact) mass is 282 g/mol. The lowest BCUT2D eigenvalue weighted by atomic mass is 10.1. The summed E-state index contributed by atoms with van der Waals surface area (Å²) in [6, 6.07) is 17.9. The zero-order valence-electron chi connectivity index (χ0n) is 12.4. The van der Waals surface area contributed by atoms with Crippen LogP contribution in [0.3, 0.4) is 0 Å². The molecule has 0 radical (unpaired) electrons. The van der Waals surface area contributed by atoms with Gasteiger partial charge in [0.2, 0.25) is 0 Å². The predicted octanol–water partition coefficient (Wildman–Crippen LogP) is 5.03. The standard InChI is InChI=1S/C17H22N4/c1-2-3-5-10-15-11-8-9-14-17(15)19-21-20-18-16-12-6-4-7-13-16/h4,6-9,11-14H,2-3,5,10H2,1H3,(H,18,21)(H,19,20). The minimum absolute atomic E-state index is 0.822. The molecule has 2 rings (SSSR count). The molecule has 0 fully saturated rings. The molecule has 0 saturated heterocycles. The molecule has 0 aliphatic carbocycles. The molecule has 0 aliphatic rings. The van der Waals surface area contributed by atoms with E-state index in [0.717, 1.165) is 17.8 Å². The molecule has 2 aromatic rings. The third-order valence-electron chi connectivity index (χ3n) is 3.23. The van der Waals surface area contributed by atoms with Crippen molar-refractivity contribution in [3.63, 3.8) is 0 Å². The molecule has 0 amide bonds. The molecule has 0 saturated carbocycles. The largest absolute Gasteiger partial charge is 0.284 e. The number of benzene rings is 2. The van der Waals surface area contributed by atoms with Gasteiger partial charge in [0.15, 0.2) is 0 Å². The van der Waals surface area contributed by atoms with Crippen LogP contribution in [0.25, 0.3) is 0 Å². The van der Waals surface area contributed by atoms with Gasteiger partial charge >= 0.3 is 0 Å². The third-order valence-corrected chi connectivity index (χ3v) is 3.23. The Bertz CT molecular complexity index is 552. The summed E-state index contributed by atoms with van der Waals surface area (Å²) in [5.74, 6) is 0. The quantitative estimate of drug-likeness (QED) is 0.405. The predicted molar refractivity (Wildman–Crippen MR) is 87.4 cm³/mol. The van der Waals surface area contributed by atoms with Crippen LogP contribution >= 0.6 is 0 Å². The van der Waals surface area contributed by atoms with Gasteiger partial charge in [-0.2, -0.15) is 0 Å². The van der Waals surface area contributed by atoms with Crippen LogP contribution in [-0.2, 0) is 6.42 Å². The molecule has 0 unspecified atom stereocenters. The van der Waals surface area contributed by atoms with Gasteiger partial charge in [-0.25, -0.2) is 5.53 Å². The number of unbranched alkanes of at least 4 members (excludes halogenated alkanes) is 2. The van der Waals surface area contributed by atoms with Crippen molar-refractivity contribution in [2.75, 3.05) is 5.43 Å². The van der Waals surface area contributed by atoms with Crippen molar-refractivity contribution in [3.8, 4) is 0 Å². The van der Waals surface area contributed by atoms with E-state index in [4.69, 9.17) is 0 Å². The van der Waals surface area contributed by atoms with Crippen LogP contribution in [-0.4, -0.2) is 0 Å². The van der Waals surface area contributed by atoms with Crippen molar-refractivity contribution in [1.29, 1.82) is 0 Å². The van der Waals surface area contributed by atoms with Crippen LogP contribution in [0.1, 0.15) is 31.7 Å². The summed E-state index contributed by atoms with van der Waals surface area (Å²) in [6.07, 6.45) is 4.78. The highest BCUT2D eigenvalue weighted by Crippen LogP contribution is 2.17. The van der Waals surface area contributed by atoms with Gasteiger partial charge in [-0.05, 0) is 36.6 Å². The summed E-state index contributed by atoms with van der Waals surface area (Å²) >= 11 is 0. The second kappa shape index (κ2) is 8.74. The summed E-state index contributed by atoms with van der Waals surface area (Å²) in [6.45, 7) is 2.22. The first-order valence-electron chi connectivity index (χ1n) is 7.45. The molecule has 110 valence electrons. The molecule has 0 aromatic heterocycles.